The van der Waals surface area contributed by atoms with Gasteiger partial charge in [-0.2, -0.15) is 5.10 Å². The third-order valence-corrected chi connectivity index (χ3v) is 6.36. The predicted molar refractivity (Wildman–Crippen MR) is 143 cm³/mol. The summed E-state index contributed by atoms with van der Waals surface area (Å²) in [7, 11) is 0. The van der Waals surface area contributed by atoms with Gasteiger partial charge in [-0.1, -0.05) is 49.4 Å². The van der Waals surface area contributed by atoms with Crippen LogP contribution in [-0.4, -0.2) is 39.5 Å². The molecule has 198 valence electrons. The van der Waals surface area contributed by atoms with Crippen LogP contribution in [0.5, 0.6) is 0 Å². The topological polar surface area (TPSA) is 79.2 Å². The number of aromatic nitrogens is 2. The maximum atomic E-state index is 13.9. The highest BCUT2D eigenvalue weighted by Crippen LogP contribution is 2.15. The second-order valence-electron chi connectivity index (χ2n) is 9.35. The van der Waals surface area contributed by atoms with Gasteiger partial charge in [0.1, 0.15) is 11.6 Å². The number of benzene rings is 3. The monoisotopic (exact) mass is 518 g/mol. The first-order valence-corrected chi connectivity index (χ1v) is 12.7. The van der Waals surface area contributed by atoms with Crippen LogP contribution in [0.15, 0.2) is 78.9 Å². The van der Waals surface area contributed by atoms with Gasteiger partial charge in [0, 0.05) is 24.8 Å². The SMILES string of the molecule is CCc1cccc(CNC[C@@H](O)[C@H](Cc2cc(F)cc(F)c2)NC(=O)c2cc(C)n(-c3ccccc3)n2)c1. The van der Waals surface area contributed by atoms with E-state index in [1.165, 1.54) is 17.7 Å². The summed E-state index contributed by atoms with van der Waals surface area (Å²) >= 11 is 0. The summed E-state index contributed by atoms with van der Waals surface area (Å²) in [5.41, 5.74) is 4.38. The average molecular weight is 519 g/mol. The van der Waals surface area contributed by atoms with Gasteiger partial charge in [-0.05, 0) is 66.8 Å². The van der Waals surface area contributed by atoms with Crippen LogP contribution >= 0.6 is 0 Å². The number of para-hydroxylation sites is 1. The van der Waals surface area contributed by atoms with E-state index in [0.717, 1.165) is 29.4 Å². The standard InChI is InChI=1S/C30H32F2N4O2/c1-3-21-8-7-9-22(13-21)18-33-19-29(37)27(16-23-14-24(31)17-25(32)15-23)34-30(38)28-12-20(2)36(35-28)26-10-5-4-6-11-26/h4-15,17,27,29,33,37H,3,16,18-19H2,1-2H3,(H,34,38)/t27-,29+/m0/s1. The quantitative estimate of drug-likeness (QED) is 0.273. The molecular weight excluding hydrogens is 486 g/mol. The number of hydrogen-bond acceptors (Lipinski definition) is 4. The Morgan fingerprint density at radius 1 is 0.947 bits per heavy atom. The van der Waals surface area contributed by atoms with Gasteiger partial charge in [0.05, 0.1) is 17.8 Å². The number of nitrogens with zero attached hydrogens (tertiary/aromatic N) is 2. The molecule has 0 bridgehead atoms. The van der Waals surface area contributed by atoms with Crippen molar-refractivity contribution in [3.8, 4) is 5.69 Å². The molecule has 3 N–H and O–H groups in total. The molecule has 2 atom stereocenters. The number of halogens is 2. The zero-order valence-corrected chi connectivity index (χ0v) is 21.5. The third-order valence-electron chi connectivity index (χ3n) is 6.36. The highest BCUT2D eigenvalue weighted by Gasteiger charge is 2.24. The molecule has 8 heteroatoms. The molecule has 1 amide bonds. The molecule has 6 nitrogen and oxygen atoms in total. The molecule has 0 spiro atoms. The summed E-state index contributed by atoms with van der Waals surface area (Å²) in [4.78, 5) is 13.2. The molecular formula is C30H32F2N4O2. The van der Waals surface area contributed by atoms with Crippen LogP contribution < -0.4 is 10.6 Å². The number of amides is 1. The van der Waals surface area contributed by atoms with E-state index in [1.807, 2.05) is 49.4 Å². The molecule has 0 radical (unpaired) electrons. The van der Waals surface area contributed by atoms with E-state index in [1.54, 1.807) is 10.7 Å². The molecule has 0 unspecified atom stereocenters. The summed E-state index contributed by atoms with van der Waals surface area (Å²) in [6.45, 7) is 4.62. The van der Waals surface area contributed by atoms with E-state index in [2.05, 4.69) is 34.8 Å². The Balaban J connectivity index is 1.49. The Morgan fingerprint density at radius 2 is 1.66 bits per heavy atom. The first-order valence-electron chi connectivity index (χ1n) is 12.7. The van der Waals surface area contributed by atoms with Crippen molar-refractivity contribution in [2.24, 2.45) is 0 Å². The minimum atomic E-state index is -1.03. The van der Waals surface area contributed by atoms with Gasteiger partial charge < -0.3 is 15.7 Å². The minimum absolute atomic E-state index is 0.0347. The normalized spacial score (nSPS) is 12.8. The van der Waals surface area contributed by atoms with E-state index in [4.69, 9.17) is 0 Å². The van der Waals surface area contributed by atoms with E-state index < -0.39 is 29.7 Å². The van der Waals surface area contributed by atoms with E-state index >= 15 is 0 Å². The fraction of sp³-hybridized carbons (Fsp3) is 0.267. The van der Waals surface area contributed by atoms with Crippen molar-refractivity contribution < 1.29 is 18.7 Å². The maximum absolute atomic E-state index is 13.9. The Labute approximate surface area is 221 Å². The number of hydrogen-bond donors (Lipinski definition) is 3. The summed E-state index contributed by atoms with van der Waals surface area (Å²) < 4.78 is 29.4. The van der Waals surface area contributed by atoms with Gasteiger partial charge in [-0.25, -0.2) is 13.5 Å². The summed E-state index contributed by atoms with van der Waals surface area (Å²) in [6, 6.07) is 21.6. The van der Waals surface area contributed by atoms with Crippen LogP contribution in [0.4, 0.5) is 8.78 Å². The molecule has 1 heterocycles. The van der Waals surface area contributed by atoms with Crippen molar-refractivity contribution >= 4 is 5.91 Å². The molecule has 3 aromatic carbocycles. The van der Waals surface area contributed by atoms with Gasteiger partial charge in [0.2, 0.25) is 0 Å². The Bertz CT molecular complexity index is 1350. The zero-order valence-electron chi connectivity index (χ0n) is 21.5. The molecule has 38 heavy (non-hydrogen) atoms. The summed E-state index contributed by atoms with van der Waals surface area (Å²) in [5.74, 6) is -1.92. The molecule has 0 fully saturated rings. The molecule has 0 aliphatic carbocycles. The largest absolute Gasteiger partial charge is 0.390 e. The number of carbonyl (C=O) groups excluding carboxylic acids is 1. The second-order valence-corrected chi connectivity index (χ2v) is 9.35. The van der Waals surface area contributed by atoms with Crippen molar-refractivity contribution in [1.29, 1.82) is 0 Å². The number of aliphatic hydroxyl groups excluding tert-OH is 1. The number of rotatable bonds is 11. The highest BCUT2D eigenvalue weighted by molar-refractivity contribution is 5.92. The van der Waals surface area contributed by atoms with Crippen molar-refractivity contribution in [3.63, 3.8) is 0 Å². The van der Waals surface area contributed by atoms with Crippen molar-refractivity contribution in [3.05, 3.63) is 119 Å². The Morgan fingerprint density at radius 3 is 2.37 bits per heavy atom. The Hall–Kier alpha value is -3.88. The first kappa shape index (κ1) is 27.2. The van der Waals surface area contributed by atoms with Gasteiger partial charge in [0.25, 0.3) is 5.91 Å². The average Bonchev–Trinajstić information content (AvgIpc) is 3.30. The van der Waals surface area contributed by atoms with Gasteiger partial charge >= 0.3 is 0 Å². The molecule has 0 aliphatic heterocycles. The van der Waals surface area contributed by atoms with E-state index in [-0.39, 0.29) is 18.7 Å². The molecule has 0 saturated heterocycles. The first-order chi connectivity index (χ1) is 18.3. The van der Waals surface area contributed by atoms with E-state index in [0.29, 0.717) is 12.1 Å². The van der Waals surface area contributed by atoms with Crippen LogP contribution in [0.3, 0.4) is 0 Å². The minimum Gasteiger partial charge on any atom is -0.390 e. The summed E-state index contributed by atoms with van der Waals surface area (Å²) in [6.07, 6.45) is -0.0710. The smallest absolute Gasteiger partial charge is 0.272 e. The molecule has 4 aromatic rings. The molecule has 0 saturated carbocycles. The van der Waals surface area contributed by atoms with Gasteiger partial charge in [0.15, 0.2) is 5.69 Å². The molecule has 0 aliphatic rings. The second kappa shape index (κ2) is 12.6. The van der Waals surface area contributed by atoms with Gasteiger partial charge in [-0.15, -0.1) is 0 Å². The summed E-state index contributed by atoms with van der Waals surface area (Å²) in [5, 5.41) is 21.5. The molecule has 4 rings (SSSR count). The van der Waals surface area contributed by atoms with E-state index in [9.17, 15) is 18.7 Å². The highest BCUT2D eigenvalue weighted by atomic mass is 19.1. The maximum Gasteiger partial charge on any atom is 0.272 e. The fourth-order valence-corrected chi connectivity index (χ4v) is 4.39. The Kier molecular flexibility index (Phi) is 8.99. The van der Waals surface area contributed by atoms with Crippen LogP contribution in [0.1, 0.15) is 39.8 Å². The van der Waals surface area contributed by atoms with Crippen molar-refractivity contribution in [1.82, 2.24) is 20.4 Å². The lowest BCUT2D eigenvalue weighted by molar-refractivity contribution is 0.0825. The van der Waals surface area contributed by atoms with Crippen LogP contribution in [0.2, 0.25) is 0 Å². The lowest BCUT2D eigenvalue weighted by Gasteiger charge is -2.24. The fourth-order valence-electron chi connectivity index (χ4n) is 4.39. The number of nitrogens with one attached hydrogen (secondary N) is 2. The number of carbonyl (C=O) groups is 1. The van der Waals surface area contributed by atoms with Crippen molar-refractivity contribution in [2.75, 3.05) is 6.54 Å². The number of aliphatic hydroxyl groups is 1. The van der Waals surface area contributed by atoms with Crippen LogP contribution in [0.25, 0.3) is 5.69 Å². The predicted octanol–water partition coefficient (Wildman–Crippen LogP) is 4.51. The van der Waals surface area contributed by atoms with Crippen LogP contribution in [-0.2, 0) is 19.4 Å². The lowest BCUT2D eigenvalue weighted by Crippen LogP contribution is -2.48. The third kappa shape index (κ3) is 7.12. The van der Waals surface area contributed by atoms with Crippen LogP contribution in [0, 0.1) is 18.6 Å². The van der Waals surface area contributed by atoms with Gasteiger partial charge in [-0.3, -0.25) is 4.79 Å². The molecule has 1 aromatic heterocycles. The zero-order chi connectivity index (χ0) is 27.1. The van der Waals surface area contributed by atoms with Crippen molar-refractivity contribution in [2.45, 2.75) is 45.4 Å². The lowest BCUT2D eigenvalue weighted by atomic mass is 10.00. The number of aryl methyl sites for hydroxylation is 2.